The summed E-state index contributed by atoms with van der Waals surface area (Å²) in [6.07, 6.45) is -4.57. The van der Waals surface area contributed by atoms with Gasteiger partial charge in [-0.2, -0.15) is 13.2 Å². The zero-order valence-corrected chi connectivity index (χ0v) is 9.01. The van der Waals surface area contributed by atoms with Gasteiger partial charge in [0.1, 0.15) is 5.82 Å². The molecule has 1 rings (SSSR count). The van der Waals surface area contributed by atoms with Crippen molar-refractivity contribution in [1.82, 2.24) is 4.98 Å². The topological polar surface area (TPSA) is 34.1 Å². The van der Waals surface area contributed by atoms with Gasteiger partial charge in [0.2, 0.25) is 0 Å². The molecule has 6 heteroatoms. The van der Waals surface area contributed by atoms with E-state index in [0.717, 1.165) is 6.92 Å². The Labute approximate surface area is 91.6 Å². The largest absolute Gasteiger partial charge is 0.414 e. The minimum atomic E-state index is -4.32. The summed E-state index contributed by atoms with van der Waals surface area (Å²) in [6.45, 7) is 0.901. The van der Waals surface area contributed by atoms with Crippen LogP contribution in [0, 0.1) is 0 Å². The van der Waals surface area contributed by atoms with Crippen molar-refractivity contribution in [3.63, 3.8) is 0 Å². The van der Waals surface area contributed by atoms with Gasteiger partial charge in [-0.3, -0.25) is 0 Å². The smallest absolute Gasteiger partial charge is 0.373 e. The molecule has 90 valence electrons. The summed E-state index contributed by atoms with van der Waals surface area (Å²) in [5.74, 6) is 0.598. The van der Waals surface area contributed by atoms with Crippen LogP contribution in [0.3, 0.4) is 0 Å². The summed E-state index contributed by atoms with van der Waals surface area (Å²) in [6, 6.07) is 3.26. The summed E-state index contributed by atoms with van der Waals surface area (Å²) in [5, 5.41) is 2.80. The van der Waals surface area contributed by atoms with E-state index in [4.69, 9.17) is 4.74 Å². The Morgan fingerprint density at radius 3 is 2.75 bits per heavy atom. The number of nitrogens with zero attached hydrogens (tertiary/aromatic N) is 1. The first-order chi connectivity index (χ1) is 7.43. The predicted molar refractivity (Wildman–Crippen MR) is 54.1 cm³/mol. The molecule has 0 aliphatic rings. The van der Waals surface area contributed by atoms with E-state index in [1.54, 1.807) is 19.2 Å². The summed E-state index contributed by atoms with van der Waals surface area (Å²) < 4.78 is 41.2. The highest BCUT2D eigenvalue weighted by molar-refractivity contribution is 5.36. The minimum Gasteiger partial charge on any atom is -0.373 e. The molecule has 0 amide bonds. The summed E-state index contributed by atoms with van der Waals surface area (Å²) in [5.41, 5.74) is 0.649. The van der Waals surface area contributed by atoms with E-state index in [1.165, 1.54) is 6.20 Å². The Morgan fingerprint density at radius 1 is 1.50 bits per heavy atom. The van der Waals surface area contributed by atoms with Crippen LogP contribution in [0.1, 0.15) is 12.5 Å². The molecule has 0 radical (unpaired) electrons. The lowest BCUT2D eigenvalue weighted by molar-refractivity contribution is -0.217. The van der Waals surface area contributed by atoms with Gasteiger partial charge in [-0.15, -0.1) is 0 Å². The van der Waals surface area contributed by atoms with Crippen molar-refractivity contribution in [1.29, 1.82) is 0 Å². The van der Waals surface area contributed by atoms with Crippen molar-refractivity contribution < 1.29 is 17.9 Å². The summed E-state index contributed by atoms with van der Waals surface area (Å²) >= 11 is 0. The average molecular weight is 234 g/mol. The molecule has 0 spiro atoms. The van der Waals surface area contributed by atoms with Gasteiger partial charge in [0.15, 0.2) is 6.10 Å². The molecule has 0 saturated heterocycles. The lowest BCUT2D eigenvalue weighted by atomic mass is 10.2. The van der Waals surface area contributed by atoms with E-state index >= 15 is 0 Å². The molecule has 0 aliphatic heterocycles. The van der Waals surface area contributed by atoms with Crippen molar-refractivity contribution in [2.24, 2.45) is 0 Å². The molecule has 1 atom stereocenters. The number of nitrogens with one attached hydrogen (secondary N) is 1. The van der Waals surface area contributed by atoms with Crippen LogP contribution in [0.25, 0.3) is 0 Å². The summed E-state index contributed by atoms with van der Waals surface area (Å²) in [7, 11) is 1.69. The van der Waals surface area contributed by atoms with E-state index in [0.29, 0.717) is 11.4 Å². The molecular formula is C10H13F3N2O. The highest BCUT2D eigenvalue weighted by Gasteiger charge is 2.36. The van der Waals surface area contributed by atoms with Crippen LogP contribution in [0.4, 0.5) is 19.0 Å². The first kappa shape index (κ1) is 12.8. The van der Waals surface area contributed by atoms with Crippen LogP contribution in [-0.4, -0.2) is 24.3 Å². The third-order valence-corrected chi connectivity index (χ3v) is 2.04. The van der Waals surface area contributed by atoms with Gasteiger partial charge < -0.3 is 10.1 Å². The third-order valence-electron chi connectivity index (χ3n) is 2.04. The van der Waals surface area contributed by atoms with Crippen molar-refractivity contribution in [2.45, 2.75) is 25.8 Å². The molecule has 3 nitrogen and oxygen atoms in total. The van der Waals surface area contributed by atoms with E-state index in [1.807, 2.05) is 0 Å². The Balaban J connectivity index is 2.54. The molecule has 1 aromatic rings. The maximum atomic E-state index is 12.1. The van der Waals surface area contributed by atoms with E-state index in [2.05, 4.69) is 10.3 Å². The monoisotopic (exact) mass is 234 g/mol. The zero-order chi connectivity index (χ0) is 12.2. The molecule has 0 aromatic carbocycles. The standard InChI is InChI=1S/C10H13F3N2O/c1-7(10(11,12)13)16-6-8-3-4-15-9(5-8)14-2/h3-5,7H,6H2,1-2H3,(H,14,15). The second kappa shape index (κ2) is 5.16. The fraction of sp³-hybridized carbons (Fsp3) is 0.500. The lowest BCUT2D eigenvalue weighted by Crippen LogP contribution is -2.28. The highest BCUT2D eigenvalue weighted by Crippen LogP contribution is 2.23. The van der Waals surface area contributed by atoms with Gasteiger partial charge in [0, 0.05) is 13.2 Å². The van der Waals surface area contributed by atoms with Crippen molar-refractivity contribution in [3.8, 4) is 0 Å². The van der Waals surface area contributed by atoms with Gasteiger partial charge in [0.05, 0.1) is 6.61 Å². The Bertz CT molecular complexity index is 341. The molecule has 0 aliphatic carbocycles. The van der Waals surface area contributed by atoms with Crippen LogP contribution in [0.15, 0.2) is 18.3 Å². The lowest BCUT2D eigenvalue weighted by Gasteiger charge is -2.16. The second-order valence-electron chi connectivity index (χ2n) is 3.29. The number of ether oxygens (including phenoxy) is 1. The van der Waals surface area contributed by atoms with Gasteiger partial charge in [0.25, 0.3) is 0 Å². The number of alkyl halides is 3. The van der Waals surface area contributed by atoms with E-state index in [-0.39, 0.29) is 6.61 Å². The van der Waals surface area contributed by atoms with Gasteiger partial charge in [-0.05, 0) is 24.6 Å². The highest BCUT2D eigenvalue weighted by atomic mass is 19.4. The fourth-order valence-electron chi connectivity index (χ4n) is 1.02. The number of halogens is 3. The number of aromatic nitrogens is 1. The minimum absolute atomic E-state index is 0.0854. The van der Waals surface area contributed by atoms with Crippen molar-refractivity contribution >= 4 is 5.82 Å². The fourth-order valence-corrected chi connectivity index (χ4v) is 1.02. The maximum Gasteiger partial charge on any atom is 0.414 e. The van der Waals surface area contributed by atoms with Crippen LogP contribution >= 0.6 is 0 Å². The first-order valence-electron chi connectivity index (χ1n) is 4.74. The third kappa shape index (κ3) is 3.69. The second-order valence-corrected chi connectivity index (χ2v) is 3.29. The Hall–Kier alpha value is -1.30. The Kier molecular flexibility index (Phi) is 4.12. The predicted octanol–water partition coefficient (Wildman–Crippen LogP) is 2.59. The Morgan fingerprint density at radius 2 is 2.19 bits per heavy atom. The molecule has 1 aromatic heterocycles. The van der Waals surface area contributed by atoms with E-state index < -0.39 is 12.3 Å². The molecular weight excluding hydrogens is 221 g/mol. The first-order valence-corrected chi connectivity index (χ1v) is 4.74. The summed E-state index contributed by atoms with van der Waals surface area (Å²) in [4.78, 5) is 3.94. The number of anilines is 1. The van der Waals surface area contributed by atoms with Crippen LogP contribution < -0.4 is 5.32 Å². The molecule has 0 fully saturated rings. The van der Waals surface area contributed by atoms with Crippen LogP contribution in [-0.2, 0) is 11.3 Å². The van der Waals surface area contributed by atoms with Crippen LogP contribution in [0.5, 0.6) is 0 Å². The van der Waals surface area contributed by atoms with Gasteiger partial charge in [-0.25, -0.2) is 4.98 Å². The molecule has 16 heavy (non-hydrogen) atoms. The molecule has 1 unspecified atom stereocenters. The number of rotatable bonds is 4. The molecule has 1 N–H and O–H groups in total. The normalized spacial score (nSPS) is 13.6. The SMILES string of the molecule is CNc1cc(COC(C)C(F)(F)F)ccn1. The van der Waals surface area contributed by atoms with E-state index in [9.17, 15) is 13.2 Å². The van der Waals surface area contributed by atoms with Gasteiger partial charge in [-0.1, -0.05) is 0 Å². The quantitative estimate of drug-likeness (QED) is 0.869. The molecule has 0 saturated carbocycles. The molecule has 0 bridgehead atoms. The van der Waals surface area contributed by atoms with Crippen molar-refractivity contribution in [3.05, 3.63) is 23.9 Å². The maximum absolute atomic E-state index is 12.1. The average Bonchev–Trinajstić information content (AvgIpc) is 2.25. The number of hydrogen-bond donors (Lipinski definition) is 1. The zero-order valence-electron chi connectivity index (χ0n) is 9.01. The van der Waals surface area contributed by atoms with Crippen molar-refractivity contribution in [2.75, 3.05) is 12.4 Å². The molecule has 1 heterocycles. The van der Waals surface area contributed by atoms with Crippen LogP contribution in [0.2, 0.25) is 0 Å². The number of pyridine rings is 1. The number of hydrogen-bond acceptors (Lipinski definition) is 3. The van der Waals surface area contributed by atoms with Gasteiger partial charge >= 0.3 is 6.18 Å².